The van der Waals surface area contributed by atoms with Crippen LogP contribution in [0.3, 0.4) is 0 Å². The first-order valence-corrected chi connectivity index (χ1v) is 7.11. The van der Waals surface area contributed by atoms with E-state index in [0.29, 0.717) is 6.04 Å². The summed E-state index contributed by atoms with van der Waals surface area (Å²) in [5.41, 5.74) is 1.18. The van der Waals surface area contributed by atoms with Gasteiger partial charge < -0.3 is 9.73 Å². The van der Waals surface area contributed by atoms with Gasteiger partial charge in [0.1, 0.15) is 11.5 Å². The standard InChI is InChI=1S/C16H20ClNO/c1-3-14-8-9-15(19-14)11-18-12(2)10-13-6-4-5-7-16(13)17/h4-9,12,18H,3,10-11H2,1-2H3. The Hall–Kier alpha value is -1.25. The second kappa shape index (κ2) is 6.78. The maximum Gasteiger partial charge on any atom is 0.117 e. The van der Waals surface area contributed by atoms with E-state index in [9.17, 15) is 0 Å². The third kappa shape index (κ3) is 4.12. The highest BCUT2D eigenvalue weighted by molar-refractivity contribution is 6.31. The summed E-state index contributed by atoms with van der Waals surface area (Å²) in [4.78, 5) is 0. The normalized spacial score (nSPS) is 12.6. The second-order valence-electron chi connectivity index (χ2n) is 4.80. The molecule has 0 saturated carbocycles. The van der Waals surface area contributed by atoms with Gasteiger partial charge in [0.15, 0.2) is 0 Å². The lowest BCUT2D eigenvalue weighted by molar-refractivity contribution is 0.431. The van der Waals surface area contributed by atoms with Crippen molar-refractivity contribution >= 4 is 11.6 Å². The van der Waals surface area contributed by atoms with Crippen molar-refractivity contribution in [2.75, 3.05) is 0 Å². The molecule has 3 heteroatoms. The number of nitrogens with one attached hydrogen (secondary N) is 1. The molecule has 1 heterocycles. The van der Waals surface area contributed by atoms with Crippen molar-refractivity contribution in [3.05, 3.63) is 58.5 Å². The molecule has 0 aliphatic rings. The molecule has 1 aromatic carbocycles. The monoisotopic (exact) mass is 277 g/mol. The predicted octanol–water partition coefficient (Wildman–Crippen LogP) is 4.22. The number of rotatable bonds is 6. The van der Waals surface area contributed by atoms with Crippen LogP contribution in [0.1, 0.15) is 30.9 Å². The summed E-state index contributed by atoms with van der Waals surface area (Å²) in [7, 11) is 0. The topological polar surface area (TPSA) is 25.2 Å². The Morgan fingerprint density at radius 2 is 1.89 bits per heavy atom. The Labute approximate surface area is 119 Å². The zero-order valence-electron chi connectivity index (χ0n) is 11.4. The first kappa shape index (κ1) is 14.2. The van der Waals surface area contributed by atoms with Crippen LogP contribution in [-0.2, 0) is 19.4 Å². The molecular weight excluding hydrogens is 258 g/mol. The van der Waals surface area contributed by atoms with E-state index in [1.54, 1.807) is 0 Å². The molecule has 0 spiro atoms. The molecule has 19 heavy (non-hydrogen) atoms. The van der Waals surface area contributed by atoms with Gasteiger partial charge in [-0.25, -0.2) is 0 Å². The summed E-state index contributed by atoms with van der Waals surface area (Å²) in [6.07, 6.45) is 1.86. The number of hydrogen-bond acceptors (Lipinski definition) is 2. The highest BCUT2D eigenvalue weighted by atomic mass is 35.5. The zero-order chi connectivity index (χ0) is 13.7. The molecule has 0 saturated heterocycles. The van der Waals surface area contributed by atoms with Crippen LogP contribution in [0.15, 0.2) is 40.8 Å². The fourth-order valence-corrected chi connectivity index (χ4v) is 2.26. The number of hydrogen-bond donors (Lipinski definition) is 1. The Morgan fingerprint density at radius 1 is 1.16 bits per heavy atom. The molecule has 2 aromatic rings. The average Bonchev–Trinajstić information content (AvgIpc) is 2.87. The maximum atomic E-state index is 6.16. The Morgan fingerprint density at radius 3 is 2.58 bits per heavy atom. The van der Waals surface area contributed by atoms with Crippen LogP contribution >= 0.6 is 11.6 Å². The van der Waals surface area contributed by atoms with E-state index in [1.807, 2.05) is 30.3 Å². The van der Waals surface area contributed by atoms with Crippen LogP contribution < -0.4 is 5.32 Å². The molecule has 1 atom stereocenters. The fourth-order valence-electron chi connectivity index (χ4n) is 2.05. The quantitative estimate of drug-likeness (QED) is 0.855. The van der Waals surface area contributed by atoms with Crippen molar-refractivity contribution in [3.63, 3.8) is 0 Å². The first-order chi connectivity index (χ1) is 9.19. The molecule has 0 aliphatic heterocycles. The summed E-state index contributed by atoms with van der Waals surface area (Å²) in [5.74, 6) is 2.03. The van der Waals surface area contributed by atoms with Crippen LogP contribution in [0.2, 0.25) is 5.02 Å². The number of furan rings is 1. The SMILES string of the molecule is CCc1ccc(CNC(C)Cc2ccccc2Cl)o1. The van der Waals surface area contributed by atoms with E-state index >= 15 is 0 Å². The van der Waals surface area contributed by atoms with Gasteiger partial charge in [-0.1, -0.05) is 36.7 Å². The van der Waals surface area contributed by atoms with E-state index < -0.39 is 0 Å². The van der Waals surface area contributed by atoms with Gasteiger partial charge in [0, 0.05) is 17.5 Å². The van der Waals surface area contributed by atoms with Crippen LogP contribution in [0, 0.1) is 0 Å². The molecule has 0 aliphatic carbocycles. The van der Waals surface area contributed by atoms with E-state index in [2.05, 4.69) is 25.2 Å². The Kier molecular flexibility index (Phi) is 5.06. The van der Waals surface area contributed by atoms with Gasteiger partial charge in [0.05, 0.1) is 6.54 Å². The number of aryl methyl sites for hydroxylation is 1. The molecule has 1 aromatic heterocycles. The summed E-state index contributed by atoms with van der Waals surface area (Å²) >= 11 is 6.16. The van der Waals surface area contributed by atoms with Crippen molar-refractivity contribution in [2.45, 2.75) is 39.3 Å². The van der Waals surface area contributed by atoms with Crippen molar-refractivity contribution in [2.24, 2.45) is 0 Å². The Balaban J connectivity index is 1.84. The minimum absolute atomic E-state index is 0.357. The lowest BCUT2D eigenvalue weighted by Gasteiger charge is -2.13. The lowest BCUT2D eigenvalue weighted by Crippen LogP contribution is -2.27. The van der Waals surface area contributed by atoms with E-state index in [-0.39, 0.29) is 0 Å². The molecule has 1 unspecified atom stereocenters. The van der Waals surface area contributed by atoms with Crippen LogP contribution in [0.5, 0.6) is 0 Å². The van der Waals surface area contributed by atoms with Gasteiger partial charge >= 0.3 is 0 Å². The molecule has 2 rings (SSSR count). The summed E-state index contributed by atoms with van der Waals surface area (Å²) < 4.78 is 5.67. The summed E-state index contributed by atoms with van der Waals surface area (Å²) in [6.45, 7) is 5.01. The molecule has 2 nitrogen and oxygen atoms in total. The molecule has 102 valence electrons. The van der Waals surface area contributed by atoms with Gasteiger partial charge in [0.25, 0.3) is 0 Å². The van der Waals surface area contributed by atoms with Gasteiger partial charge in [-0.05, 0) is 37.1 Å². The zero-order valence-corrected chi connectivity index (χ0v) is 12.2. The van der Waals surface area contributed by atoms with Crippen molar-refractivity contribution in [3.8, 4) is 0 Å². The van der Waals surface area contributed by atoms with Gasteiger partial charge in [0.2, 0.25) is 0 Å². The largest absolute Gasteiger partial charge is 0.465 e. The third-order valence-electron chi connectivity index (χ3n) is 3.17. The first-order valence-electron chi connectivity index (χ1n) is 6.73. The fraction of sp³-hybridized carbons (Fsp3) is 0.375. The molecule has 0 bridgehead atoms. The summed E-state index contributed by atoms with van der Waals surface area (Å²) in [5, 5.41) is 4.30. The van der Waals surface area contributed by atoms with Crippen LogP contribution in [0.4, 0.5) is 0 Å². The van der Waals surface area contributed by atoms with E-state index in [0.717, 1.165) is 35.9 Å². The molecular formula is C16H20ClNO. The highest BCUT2D eigenvalue weighted by Gasteiger charge is 2.07. The van der Waals surface area contributed by atoms with E-state index in [1.165, 1.54) is 5.56 Å². The van der Waals surface area contributed by atoms with Crippen molar-refractivity contribution in [1.82, 2.24) is 5.32 Å². The number of benzene rings is 1. The number of halogens is 1. The van der Waals surface area contributed by atoms with Gasteiger partial charge in [-0.2, -0.15) is 0 Å². The molecule has 0 radical (unpaired) electrons. The van der Waals surface area contributed by atoms with Crippen LogP contribution in [0.25, 0.3) is 0 Å². The minimum atomic E-state index is 0.357. The molecule has 0 fully saturated rings. The lowest BCUT2D eigenvalue weighted by atomic mass is 10.1. The average molecular weight is 278 g/mol. The van der Waals surface area contributed by atoms with Gasteiger partial charge in [-0.15, -0.1) is 0 Å². The Bertz CT molecular complexity index is 521. The smallest absolute Gasteiger partial charge is 0.117 e. The molecule has 0 amide bonds. The highest BCUT2D eigenvalue weighted by Crippen LogP contribution is 2.17. The summed E-state index contributed by atoms with van der Waals surface area (Å²) in [6, 6.07) is 12.4. The predicted molar refractivity (Wildman–Crippen MR) is 79.5 cm³/mol. The van der Waals surface area contributed by atoms with Crippen molar-refractivity contribution in [1.29, 1.82) is 0 Å². The molecule has 1 N–H and O–H groups in total. The third-order valence-corrected chi connectivity index (χ3v) is 3.54. The van der Waals surface area contributed by atoms with Gasteiger partial charge in [-0.3, -0.25) is 0 Å². The van der Waals surface area contributed by atoms with E-state index in [4.69, 9.17) is 16.0 Å². The maximum absolute atomic E-state index is 6.16. The second-order valence-corrected chi connectivity index (χ2v) is 5.21. The van der Waals surface area contributed by atoms with Crippen molar-refractivity contribution < 1.29 is 4.42 Å². The van der Waals surface area contributed by atoms with Crippen LogP contribution in [-0.4, -0.2) is 6.04 Å². The minimum Gasteiger partial charge on any atom is -0.465 e.